The molecule has 6 nitrogen and oxygen atoms in total. The molecule has 0 aromatic carbocycles. The number of likely N-dealkylation sites (tertiary alicyclic amines) is 1. The normalized spacial score (nSPS) is 28.9. The highest BCUT2D eigenvalue weighted by atomic mass is 16.5. The summed E-state index contributed by atoms with van der Waals surface area (Å²) in [5.41, 5.74) is 0. The summed E-state index contributed by atoms with van der Waals surface area (Å²) in [7, 11) is 4.30. The third-order valence-corrected chi connectivity index (χ3v) is 5.12. The molecule has 0 amide bonds. The standard InChI is InChI=1S/C16H31N5O/c1-19-9-10-22-15(12-19)13-21-6-3-14(4-7-21)11-18-16-17-5-8-20(16)2/h14-15H,3-13H2,1-2H3,(H,17,18). The minimum Gasteiger partial charge on any atom is -0.374 e. The van der Waals surface area contributed by atoms with Crippen LogP contribution in [0, 0.1) is 5.92 Å². The first-order valence-corrected chi connectivity index (χ1v) is 8.72. The molecule has 1 unspecified atom stereocenters. The number of piperidine rings is 1. The molecular weight excluding hydrogens is 278 g/mol. The molecule has 126 valence electrons. The molecule has 1 atom stereocenters. The Balaban J connectivity index is 1.34. The third kappa shape index (κ3) is 4.33. The molecule has 0 radical (unpaired) electrons. The molecule has 2 saturated heterocycles. The number of rotatable bonds is 4. The predicted octanol–water partition coefficient (Wildman–Crippen LogP) is -0.0800. The van der Waals surface area contributed by atoms with Crippen LogP contribution in [0.1, 0.15) is 12.8 Å². The van der Waals surface area contributed by atoms with Crippen LogP contribution in [0.4, 0.5) is 0 Å². The Kier molecular flexibility index (Phi) is 5.55. The second-order valence-corrected chi connectivity index (χ2v) is 7.01. The summed E-state index contributed by atoms with van der Waals surface area (Å²) >= 11 is 0. The van der Waals surface area contributed by atoms with Gasteiger partial charge in [0.25, 0.3) is 0 Å². The summed E-state index contributed by atoms with van der Waals surface area (Å²) < 4.78 is 5.89. The average molecular weight is 309 g/mol. The molecule has 0 spiro atoms. The number of morpholine rings is 1. The SMILES string of the molecule is CN1CCOC(CN2CCC(CNC3=NCCN3C)CC2)C1. The lowest BCUT2D eigenvalue weighted by molar-refractivity contribution is -0.0392. The molecule has 0 aromatic rings. The fraction of sp³-hybridized carbons (Fsp3) is 0.938. The molecular formula is C16H31N5O. The second kappa shape index (κ2) is 7.62. The molecule has 3 heterocycles. The smallest absolute Gasteiger partial charge is 0.193 e. The van der Waals surface area contributed by atoms with Gasteiger partial charge >= 0.3 is 0 Å². The van der Waals surface area contributed by atoms with E-state index in [1.807, 2.05) is 0 Å². The molecule has 0 aliphatic carbocycles. The van der Waals surface area contributed by atoms with Crippen LogP contribution < -0.4 is 5.32 Å². The minimum absolute atomic E-state index is 0.398. The van der Waals surface area contributed by atoms with Crippen molar-refractivity contribution >= 4 is 5.96 Å². The van der Waals surface area contributed by atoms with Crippen molar-refractivity contribution in [2.75, 3.05) is 73.1 Å². The largest absolute Gasteiger partial charge is 0.374 e. The van der Waals surface area contributed by atoms with Crippen molar-refractivity contribution in [3.8, 4) is 0 Å². The number of hydrogen-bond donors (Lipinski definition) is 1. The molecule has 0 aromatic heterocycles. The van der Waals surface area contributed by atoms with Crippen molar-refractivity contribution in [2.24, 2.45) is 10.9 Å². The minimum atomic E-state index is 0.398. The van der Waals surface area contributed by atoms with E-state index in [0.29, 0.717) is 6.10 Å². The van der Waals surface area contributed by atoms with Crippen molar-refractivity contribution in [1.82, 2.24) is 20.0 Å². The molecule has 22 heavy (non-hydrogen) atoms. The molecule has 3 aliphatic heterocycles. The molecule has 0 bridgehead atoms. The lowest BCUT2D eigenvalue weighted by atomic mass is 9.96. The van der Waals surface area contributed by atoms with Gasteiger partial charge < -0.3 is 24.8 Å². The Morgan fingerprint density at radius 2 is 2.00 bits per heavy atom. The van der Waals surface area contributed by atoms with E-state index in [0.717, 1.165) is 57.8 Å². The van der Waals surface area contributed by atoms with Gasteiger partial charge in [0.1, 0.15) is 0 Å². The third-order valence-electron chi connectivity index (χ3n) is 5.12. The van der Waals surface area contributed by atoms with Gasteiger partial charge in [0.2, 0.25) is 0 Å². The number of nitrogens with one attached hydrogen (secondary N) is 1. The van der Waals surface area contributed by atoms with E-state index >= 15 is 0 Å². The lowest BCUT2D eigenvalue weighted by Crippen LogP contribution is -2.48. The summed E-state index contributed by atoms with van der Waals surface area (Å²) in [4.78, 5) is 11.7. The van der Waals surface area contributed by atoms with Gasteiger partial charge in [0.05, 0.1) is 19.3 Å². The number of nitrogens with zero attached hydrogens (tertiary/aromatic N) is 4. The van der Waals surface area contributed by atoms with E-state index in [9.17, 15) is 0 Å². The highest BCUT2D eigenvalue weighted by Crippen LogP contribution is 2.18. The number of guanidine groups is 1. The van der Waals surface area contributed by atoms with Crippen LogP contribution in [-0.4, -0.2) is 99.8 Å². The Labute approximate surface area is 134 Å². The van der Waals surface area contributed by atoms with Crippen LogP contribution >= 0.6 is 0 Å². The van der Waals surface area contributed by atoms with E-state index in [-0.39, 0.29) is 0 Å². The molecule has 2 fully saturated rings. The summed E-state index contributed by atoms with van der Waals surface area (Å²) in [6.45, 7) is 9.60. The van der Waals surface area contributed by atoms with E-state index in [1.54, 1.807) is 0 Å². The van der Waals surface area contributed by atoms with E-state index in [2.05, 4.69) is 39.1 Å². The monoisotopic (exact) mass is 309 g/mol. The fourth-order valence-electron chi connectivity index (χ4n) is 3.60. The maximum atomic E-state index is 5.89. The number of ether oxygens (including phenoxy) is 1. The average Bonchev–Trinajstić information content (AvgIpc) is 2.92. The van der Waals surface area contributed by atoms with Crippen LogP contribution in [-0.2, 0) is 4.74 Å². The Morgan fingerprint density at radius 1 is 1.18 bits per heavy atom. The summed E-state index contributed by atoms with van der Waals surface area (Å²) in [5, 5.41) is 3.53. The Bertz CT molecular complexity index is 381. The lowest BCUT2D eigenvalue weighted by Gasteiger charge is -2.37. The van der Waals surface area contributed by atoms with Crippen molar-refractivity contribution < 1.29 is 4.74 Å². The van der Waals surface area contributed by atoms with Gasteiger partial charge in [0.15, 0.2) is 5.96 Å². The predicted molar refractivity (Wildman–Crippen MR) is 89.3 cm³/mol. The Morgan fingerprint density at radius 3 is 2.68 bits per heavy atom. The zero-order chi connectivity index (χ0) is 15.4. The van der Waals surface area contributed by atoms with Gasteiger partial charge in [-0.05, 0) is 38.9 Å². The van der Waals surface area contributed by atoms with Crippen molar-refractivity contribution in [3.05, 3.63) is 0 Å². The number of hydrogen-bond acceptors (Lipinski definition) is 6. The van der Waals surface area contributed by atoms with Crippen LogP contribution in [0.25, 0.3) is 0 Å². The highest BCUT2D eigenvalue weighted by Gasteiger charge is 2.25. The molecule has 0 saturated carbocycles. The van der Waals surface area contributed by atoms with Crippen LogP contribution in [0.3, 0.4) is 0 Å². The molecule has 3 rings (SSSR count). The van der Waals surface area contributed by atoms with Gasteiger partial charge in [0, 0.05) is 39.8 Å². The molecule has 1 N–H and O–H groups in total. The summed E-state index contributed by atoms with van der Waals surface area (Å²) in [5.74, 6) is 1.86. The molecule has 6 heteroatoms. The quantitative estimate of drug-likeness (QED) is 0.787. The van der Waals surface area contributed by atoms with Crippen molar-refractivity contribution in [1.29, 1.82) is 0 Å². The Hall–Kier alpha value is -0.850. The summed E-state index contributed by atoms with van der Waals surface area (Å²) in [6, 6.07) is 0. The van der Waals surface area contributed by atoms with Gasteiger partial charge in [-0.2, -0.15) is 0 Å². The zero-order valence-electron chi connectivity index (χ0n) is 14.1. The molecule has 3 aliphatic rings. The van der Waals surface area contributed by atoms with Gasteiger partial charge in [-0.25, -0.2) is 0 Å². The van der Waals surface area contributed by atoms with Crippen molar-refractivity contribution in [3.63, 3.8) is 0 Å². The van der Waals surface area contributed by atoms with E-state index in [4.69, 9.17) is 4.74 Å². The maximum absolute atomic E-state index is 5.89. The number of aliphatic imine (C=N–C) groups is 1. The first kappa shape index (κ1) is 16.0. The van der Waals surface area contributed by atoms with Crippen LogP contribution in [0.5, 0.6) is 0 Å². The number of likely N-dealkylation sites (N-methyl/N-ethyl adjacent to an activating group) is 2. The maximum Gasteiger partial charge on any atom is 0.193 e. The van der Waals surface area contributed by atoms with Crippen LogP contribution in [0.2, 0.25) is 0 Å². The zero-order valence-corrected chi connectivity index (χ0v) is 14.1. The van der Waals surface area contributed by atoms with Gasteiger partial charge in [-0.3, -0.25) is 4.99 Å². The first-order chi connectivity index (χ1) is 10.7. The van der Waals surface area contributed by atoms with E-state index in [1.165, 1.54) is 25.9 Å². The second-order valence-electron chi connectivity index (χ2n) is 7.01. The summed E-state index contributed by atoms with van der Waals surface area (Å²) in [6.07, 6.45) is 2.97. The van der Waals surface area contributed by atoms with Gasteiger partial charge in [-0.15, -0.1) is 0 Å². The fourth-order valence-corrected chi connectivity index (χ4v) is 3.60. The first-order valence-electron chi connectivity index (χ1n) is 8.72. The van der Waals surface area contributed by atoms with Crippen molar-refractivity contribution in [2.45, 2.75) is 18.9 Å². The van der Waals surface area contributed by atoms with E-state index < -0.39 is 0 Å². The highest BCUT2D eigenvalue weighted by molar-refractivity contribution is 5.81. The van der Waals surface area contributed by atoms with Crippen LogP contribution in [0.15, 0.2) is 4.99 Å². The topological polar surface area (TPSA) is 43.3 Å². The van der Waals surface area contributed by atoms with Gasteiger partial charge in [-0.1, -0.05) is 0 Å².